The number of halogens is 3. The van der Waals surface area contributed by atoms with Crippen molar-refractivity contribution in [2.45, 2.75) is 0 Å². The van der Waals surface area contributed by atoms with Gasteiger partial charge in [0.05, 0.1) is 15.0 Å². The lowest BCUT2D eigenvalue weighted by atomic mass is 10.2. The molecule has 0 heterocycles. The van der Waals surface area contributed by atoms with E-state index in [1.54, 1.807) is 0 Å². The number of nitro groups is 1. The summed E-state index contributed by atoms with van der Waals surface area (Å²) in [6.45, 7) is 0. The molecule has 0 aliphatic heterocycles. The highest BCUT2D eigenvalue weighted by Gasteiger charge is 2.10. The van der Waals surface area contributed by atoms with Crippen LogP contribution in [0.4, 0.5) is 8.78 Å². The molecule has 0 spiro atoms. The fourth-order valence-electron chi connectivity index (χ4n) is 0.831. The molecule has 0 fully saturated rings. The Hall–Kier alpha value is -1.30. The van der Waals surface area contributed by atoms with Crippen LogP contribution in [0.3, 0.4) is 0 Å². The molecule has 0 atom stereocenters. The Kier molecular flexibility index (Phi) is 3.29. The molecule has 0 bridgehead atoms. The van der Waals surface area contributed by atoms with E-state index >= 15 is 0 Å². The molecule has 0 aliphatic rings. The van der Waals surface area contributed by atoms with E-state index in [-0.39, 0.29) is 4.47 Å². The fourth-order valence-corrected chi connectivity index (χ4v) is 1.18. The first-order valence-corrected chi connectivity index (χ1v) is 4.27. The van der Waals surface area contributed by atoms with Crippen molar-refractivity contribution in [3.63, 3.8) is 0 Å². The molecule has 0 saturated carbocycles. The number of rotatable bonds is 2. The Balaban J connectivity index is 3.19. The quantitative estimate of drug-likeness (QED) is 0.468. The van der Waals surface area contributed by atoms with Gasteiger partial charge in [-0.15, -0.1) is 0 Å². The monoisotopic (exact) mass is 263 g/mol. The van der Waals surface area contributed by atoms with Crippen molar-refractivity contribution in [3.8, 4) is 0 Å². The van der Waals surface area contributed by atoms with Crippen molar-refractivity contribution in [3.05, 3.63) is 50.1 Å². The number of nitrogens with zero attached hydrogens (tertiary/aromatic N) is 1. The highest BCUT2D eigenvalue weighted by Crippen LogP contribution is 2.22. The standard InChI is InChI=1S/C8H4BrF2NO2/c9-6-1-2-7(10)5(8(6)11)3-4-12(13)14/h1-4H/b4-3+. The van der Waals surface area contributed by atoms with E-state index in [4.69, 9.17) is 0 Å². The van der Waals surface area contributed by atoms with Gasteiger partial charge >= 0.3 is 0 Å². The summed E-state index contributed by atoms with van der Waals surface area (Å²) in [6, 6.07) is 2.21. The predicted octanol–water partition coefficient (Wildman–Crippen LogP) is 2.97. The second-order valence-electron chi connectivity index (χ2n) is 2.36. The lowest BCUT2D eigenvalue weighted by Gasteiger charge is -1.99. The maximum Gasteiger partial charge on any atom is 0.235 e. The van der Waals surface area contributed by atoms with Crippen LogP contribution in [0.15, 0.2) is 22.8 Å². The van der Waals surface area contributed by atoms with Crippen LogP contribution in [0.5, 0.6) is 0 Å². The molecule has 3 nitrogen and oxygen atoms in total. The van der Waals surface area contributed by atoms with Gasteiger partial charge in [-0.25, -0.2) is 8.78 Å². The lowest BCUT2D eigenvalue weighted by Crippen LogP contribution is -1.91. The van der Waals surface area contributed by atoms with Crippen LogP contribution >= 0.6 is 15.9 Å². The van der Waals surface area contributed by atoms with Crippen LogP contribution in [0.1, 0.15) is 5.56 Å². The Morgan fingerprint density at radius 1 is 1.43 bits per heavy atom. The Bertz CT molecular complexity index is 407. The van der Waals surface area contributed by atoms with E-state index in [1.165, 1.54) is 6.07 Å². The van der Waals surface area contributed by atoms with Gasteiger partial charge in [-0.05, 0) is 28.1 Å². The molecule has 74 valence electrons. The van der Waals surface area contributed by atoms with E-state index in [2.05, 4.69) is 15.9 Å². The van der Waals surface area contributed by atoms with Gasteiger partial charge in [-0.2, -0.15) is 0 Å². The fraction of sp³-hybridized carbons (Fsp3) is 0. The average molecular weight is 264 g/mol. The van der Waals surface area contributed by atoms with Gasteiger partial charge in [-0.1, -0.05) is 0 Å². The van der Waals surface area contributed by atoms with E-state index in [9.17, 15) is 18.9 Å². The predicted molar refractivity (Wildman–Crippen MR) is 50.1 cm³/mol. The van der Waals surface area contributed by atoms with Crippen molar-refractivity contribution < 1.29 is 13.7 Å². The first kappa shape index (κ1) is 10.8. The molecule has 0 amide bonds. The van der Waals surface area contributed by atoms with Crippen LogP contribution in [0.2, 0.25) is 0 Å². The van der Waals surface area contributed by atoms with Crippen LogP contribution in [-0.4, -0.2) is 4.92 Å². The minimum Gasteiger partial charge on any atom is -0.259 e. The number of hydrogen-bond acceptors (Lipinski definition) is 2. The zero-order chi connectivity index (χ0) is 10.7. The average Bonchev–Trinajstić information content (AvgIpc) is 2.11. The van der Waals surface area contributed by atoms with Gasteiger partial charge in [0.15, 0.2) is 0 Å². The Morgan fingerprint density at radius 2 is 2.07 bits per heavy atom. The molecule has 0 N–H and O–H groups in total. The Labute approximate surface area is 86.3 Å². The van der Waals surface area contributed by atoms with Gasteiger partial charge in [0.25, 0.3) is 0 Å². The summed E-state index contributed by atoms with van der Waals surface area (Å²) in [5.41, 5.74) is -0.434. The summed E-state index contributed by atoms with van der Waals surface area (Å²) in [6.07, 6.45) is 1.25. The van der Waals surface area contributed by atoms with Gasteiger partial charge in [0.1, 0.15) is 11.6 Å². The van der Waals surface area contributed by atoms with Crippen LogP contribution in [0, 0.1) is 21.7 Å². The van der Waals surface area contributed by atoms with Crippen molar-refractivity contribution in [2.24, 2.45) is 0 Å². The van der Waals surface area contributed by atoms with Crippen molar-refractivity contribution >= 4 is 22.0 Å². The molecule has 14 heavy (non-hydrogen) atoms. The second-order valence-corrected chi connectivity index (χ2v) is 3.21. The van der Waals surface area contributed by atoms with Crippen LogP contribution in [0.25, 0.3) is 6.08 Å². The summed E-state index contributed by atoms with van der Waals surface area (Å²) in [5, 5.41) is 9.94. The highest BCUT2D eigenvalue weighted by molar-refractivity contribution is 9.10. The van der Waals surface area contributed by atoms with Crippen molar-refractivity contribution in [2.75, 3.05) is 0 Å². The summed E-state index contributed by atoms with van der Waals surface area (Å²) in [4.78, 5) is 9.15. The van der Waals surface area contributed by atoms with Crippen molar-refractivity contribution in [1.29, 1.82) is 0 Å². The van der Waals surface area contributed by atoms with Gasteiger partial charge in [0, 0.05) is 6.08 Å². The summed E-state index contributed by atoms with van der Waals surface area (Å²) in [7, 11) is 0. The molecule has 1 aromatic carbocycles. The minimum atomic E-state index is -0.858. The number of hydrogen-bond donors (Lipinski definition) is 0. The molecule has 1 rings (SSSR count). The third-order valence-corrected chi connectivity index (χ3v) is 2.05. The van der Waals surface area contributed by atoms with E-state index in [0.717, 1.165) is 12.1 Å². The first-order valence-electron chi connectivity index (χ1n) is 3.47. The molecule has 1 aromatic rings. The Morgan fingerprint density at radius 3 is 2.64 bits per heavy atom. The maximum absolute atomic E-state index is 13.2. The first-order chi connectivity index (χ1) is 6.52. The minimum absolute atomic E-state index is 0.0573. The molecular weight excluding hydrogens is 260 g/mol. The van der Waals surface area contributed by atoms with Gasteiger partial charge in [0.2, 0.25) is 6.20 Å². The van der Waals surface area contributed by atoms with E-state index < -0.39 is 22.1 Å². The van der Waals surface area contributed by atoms with Crippen LogP contribution in [-0.2, 0) is 0 Å². The lowest BCUT2D eigenvalue weighted by molar-refractivity contribution is -0.401. The molecule has 6 heteroatoms. The smallest absolute Gasteiger partial charge is 0.235 e. The molecular formula is C8H4BrF2NO2. The molecule has 0 aliphatic carbocycles. The molecule has 0 radical (unpaired) electrons. The third-order valence-electron chi connectivity index (χ3n) is 1.44. The van der Waals surface area contributed by atoms with Gasteiger partial charge < -0.3 is 0 Å². The zero-order valence-corrected chi connectivity index (χ0v) is 8.29. The largest absolute Gasteiger partial charge is 0.259 e. The maximum atomic E-state index is 13.2. The summed E-state index contributed by atoms with van der Waals surface area (Å²) >= 11 is 2.84. The molecule has 0 aromatic heterocycles. The SMILES string of the molecule is O=[N+]([O-])/C=C/c1c(F)ccc(Br)c1F. The van der Waals surface area contributed by atoms with Crippen molar-refractivity contribution in [1.82, 2.24) is 0 Å². The summed E-state index contributed by atoms with van der Waals surface area (Å²) in [5.74, 6) is -1.70. The third kappa shape index (κ3) is 2.35. The van der Waals surface area contributed by atoms with Gasteiger partial charge in [-0.3, -0.25) is 10.1 Å². The number of benzene rings is 1. The summed E-state index contributed by atoms with van der Waals surface area (Å²) < 4.78 is 26.2. The second kappa shape index (κ2) is 4.28. The van der Waals surface area contributed by atoms with Crippen LogP contribution < -0.4 is 0 Å². The molecule has 0 saturated heterocycles. The van der Waals surface area contributed by atoms with E-state index in [0.29, 0.717) is 6.20 Å². The molecule has 0 unspecified atom stereocenters. The highest BCUT2D eigenvalue weighted by atomic mass is 79.9. The van der Waals surface area contributed by atoms with E-state index in [1.807, 2.05) is 0 Å². The zero-order valence-electron chi connectivity index (χ0n) is 6.71. The normalized spacial score (nSPS) is 10.8. The topological polar surface area (TPSA) is 43.1 Å².